The van der Waals surface area contributed by atoms with Crippen LogP contribution in [0.4, 0.5) is 16.2 Å². The smallest absolute Gasteiger partial charge is 0.414 e. The van der Waals surface area contributed by atoms with Gasteiger partial charge in [-0.25, -0.2) is 4.79 Å². The zero-order valence-electron chi connectivity index (χ0n) is 20.3. The van der Waals surface area contributed by atoms with Gasteiger partial charge in [-0.3, -0.25) is 9.69 Å². The number of carbonyl (C=O) groups excluding carboxylic acids is 2. The lowest BCUT2D eigenvalue weighted by Gasteiger charge is -2.34. The van der Waals surface area contributed by atoms with Crippen LogP contribution in [0.15, 0.2) is 48.5 Å². The lowest BCUT2D eigenvalue weighted by Crippen LogP contribution is -2.46. The second kappa shape index (κ2) is 8.62. The number of fused-ring (bicyclic) bond motifs is 2. The molecule has 0 aliphatic carbocycles. The Bertz CT molecular complexity index is 1130. The van der Waals surface area contributed by atoms with Crippen LogP contribution in [0.5, 0.6) is 0 Å². The van der Waals surface area contributed by atoms with E-state index in [4.69, 9.17) is 9.47 Å². The van der Waals surface area contributed by atoms with Crippen LogP contribution in [0.2, 0.25) is 0 Å². The first-order chi connectivity index (χ1) is 16.7. The van der Waals surface area contributed by atoms with E-state index < -0.39 is 23.4 Å². The molecule has 4 atom stereocenters. The standard InChI is InChI=1S/C27H32N2O6/c1-17-23(26(2,3)33)22(11-13-30)35-27(17)20-15-19(28-12-14-34-25(28)32)9-10-21(20)29(24(27)31)16-18-7-5-4-6-8-18/h4-10,15,17,22-23,30,33H,11-14,16H2,1-3H3/t17-,22+,23-,27+/m0/s1. The first-order valence-electron chi connectivity index (χ1n) is 12.1. The Hall–Kier alpha value is -2.94. The maximum Gasteiger partial charge on any atom is 0.414 e. The van der Waals surface area contributed by atoms with Gasteiger partial charge < -0.3 is 24.6 Å². The topological polar surface area (TPSA) is 99.5 Å². The van der Waals surface area contributed by atoms with Gasteiger partial charge in [0.15, 0.2) is 5.60 Å². The van der Waals surface area contributed by atoms with Crippen LogP contribution in [0.1, 0.15) is 38.3 Å². The van der Waals surface area contributed by atoms with Gasteiger partial charge in [0.05, 0.1) is 30.5 Å². The van der Waals surface area contributed by atoms with Crippen molar-refractivity contribution in [2.75, 3.05) is 29.6 Å². The van der Waals surface area contributed by atoms with Crippen molar-refractivity contribution in [1.82, 2.24) is 0 Å². The molecule has 1 spiro atoms. The van der Waals surface area contributed by atoms with Gasteiger partial charge in [0.1, 0.15) is 6.61 Å². The Morgan fingerprint density at radius 1 is 1.14 bits per heavy atom. The number of carbonyl (C=O) groups is 2. The van der Waals surface area contributed by atoms with Crippen LogP contribution in [0, 0.1) is 11.8 Å². The molecule has 2 saturated heterocycles. The average molecular weight is 481 g/mol. The molecule has 186 valence electrons. The van der Waals surface area contributed by atoms with Crippen LogP contribution in [0.3, 0.4) is 0 Å². The number of aliphatic hydroxyl groups excluding tert-OH is 1. The van der Waals surface area contributed by atoms with Gasteiger partial charge >= 0.3 is 6.09 Å². The summed E-state index contributed by atoms with van der Waals surface area (Å²) in [6.45, 7) is 6.38. The number of hydrogen-bond acceptors (Lipinski definition) is 6. The Balaban J connectivity index is 1.65. The number of cyclic esters (lactones) is 1. The number of hydrogen-bond donors (Lipinski definition) is 2. The van der Waals surface area contributed by atoms with Crippen molar-refractivity contribution in [2.24, 2.45) is 11.8 Å². The molecule has 2 aromatic carbocycles. The monoisotopic (exact) mass is 480 g/mol. The summed E-state index contributed by atoms with van der Waals surface area (Å²) in [4.78, 5) is 29.8. The molecule has 2 fully saturated rings. The summed E-state index contributed by atoms with van der Waals surface area (Å²) in [6, 6.07) is 15.3. The molecule has 3 heterocycles. The molecule has 0 saturated carbocycles. The van der Waals surface area contributed by atoms with E-state index in [9.17, 15) is 19.8 Å². The van der Waals surface area contributed by atoms with Gasteiger partial charge in [0.2, 0.25) is 0 Å². The van der Waals surface area contributed by atoms with Gasteiger partial charge in [0.25, 0.3) is 5.91 Å². The molecule has 35 heavy (non-hydrogen) atoms. The van der Waals surface area contributed by atoms with E-state index in [1.165, 1.54) is 0 Å². The number of ether oxygens (including phenoxy) is 2. The van der Waals surface area contributed by atoms with Crippen LogP contribution in [0.25, 0.3) is 0 Å². The van der Waals surface area contributed by atoms with Gasteiger partial charge in [-0.05, 0) is 44.0 Å². The molecule has 8 heteroatoms. The zero-order valence-corrected chi connectivity index (χ0v) is 20.3. The van der Waals surface area contributed by atoms with Crippen molar-refractivity contribution in [2.45, 2.75) is 51.0 Å². The highest BCUT2D eigenvalue weighted by Crippen LogP contribution is 2.58. The fourth-order valence-corrected chi connectivity index (χ4v) is 6.18. The first-order valence-corrected chi connectivity index (χ1v) is 12.1. The SMILES string of the molecule is C[C@H]1[C@H](C(C)(C)O)[C@@H](CCO)O[C@]12C(=O)N(Cc1ccccc1)c1ccc(N3CCOC3=O)cc12. The lowest BCUT2D eigenvalue weighted by atomic mass is 9.71. The maximum atomic E-state index is 14.3. The van der Waals surface area contributed by atoms with Gasteiger partial charge in [-0.2, -0.15) is 0 Å². The third-order valence-corrected chi connectivity index (χ3v) is 7.64. The first kappa shape index (κ1) is 23.8. The van der Waals surface area contributed by atoms with E-state index in [2.05, 4.69) is 0 Å². The van der Waals surface area contributed by atoms with Crippen molar-refractivity contribution in [1.29, 1.82) is 0 Å². The molecule has 0 bridgehead atoms. The maximum absolute atomic E-state index is 14.3. The summed E-state index contributed by atoms with van der Waals surface area (Å²) in [5.41, 5.74) is 0.550. The third kappa shape index (κ3) is 3.71. The molecule has 2 amide bonds. The highest BCUT2D eigenvalue weighted by molar-refractivity contribution is 6.08. The second-order valence-corrected chi connectivity index (χ2v) is 10.2. The Labute approximate surface area is 205 Å². The van der Waals surface area contributed by atoms with Gasteiger partial charge in [-0.1, -0.05) is 37.3 Å². The van der Waals surface area contributed by atoms with Gasteiger partial charge in [-0.15, -0.1) is 0 Å². The molecule has 0 radical (unpaired) electrons. The summed E-state index contributed by atoms with van der Waals surface area (Å²) < 4.78 is 11.7. The second-order valence-electron chi connectivity index (χ2n) is 10.2. The van der Waals surface area contributed by atoms with E-state index in [1.54, 1.807) is 23.6 Å². The minimum atomic E-state index is -1.34. The zero-order chi connectivity index (χ0) is 25.0. The number of benzene rings is 2. The molecule has 3 aliphatic rings. The normalized spacial score (nSPS) is 28.2. The fraction of sp³-hybridized carbons (Fsp3) is 0.481. The molecule has 0 aromatic heterocycles. The summed E-state index contributed by atoms with van der Waals surface area (Å²) in [7, 11) is 0. The molecule has 2 aromatic rings. The van der Waals surface area contributed by atoms with Crippen LogP contribution in [-0.4, -0.2) is 53.7 Å². The molecule has 0 unspecified atom stereocenters. The highest BCUT2D eigenvalue weighted by atomic mass is 16.6. The summed E-state index contributed by atoms with van der Waals surface area (Å²) in [5, 5.41) is 20.8. The van der Waals surface area contributed by atoms with Crippen molar-refractivity contribution in [3.8, 4) is 0 Å². The predicted octanol–water partition coefficient (Wildman–Crippen LogP) is 3.19. The molecule has 3 aliphatic heterocycles. The fourth-order valence-electron chi connectivity index (χ4n) is 6.18. The van der Waals surface area contributed by atoms with Gasteiger partial charge in [0, 0.05) is 29.7 Å². The quantitative estimate of drug-likeness (QED) is 0.659. The molecule has 8 nitrogen and oxygen atoms in total. The minimum absolute atomic E-state index is 0.117. The van der Waals surface area contributed by atoms with E-state index >= 15 is 0 Å². The highest BCUT2D eigenvalue weighted by Gasteiger charge is 2.65. The predicted molar refractivity (Wildman–Crippen MR) is 130 cm³/mol. The number of aliphatic hydroxyl groups is 2. The minimum Gasteiger partial charge on any atom is -0.447 e. The number of amides is 2. The number of nitrogens with zero attached hydrogens (tertiary/aromatic N) is 2. The largest absolute Gasteiger partial charge is 0.447 e. The van der Waals surface area contributed by atoms with E-state index in [0.29, 0.717) is 37.4 Å². The summed E-state index contributed by atoms with van der Waals surface area (Å²) in [6.07, 6.45) is -0.624. The summed E-state index contributed by atoms with van der Waals surface area (Å²) in [5.74, 6) is -0.963. The molecule has 5 rings (SSSR count). The van der Waals surface area contributed by atoms with E-state index in [1.807, 2.05) is 55.5 Å². The number of rotatable bonds is 6. The Morgan fingerprint density at radius 2 is 1.89 bits per heavy atom. The van der Waals surface area contributed by atoms with Crippen molar-refractivity contribution >= 4 is 23.4 Å². The van der Waals surface area contributed by atoms with Crippen molar-refractivity contribution in [3.63, 3.8) is 0 Å². The average Bonchev–Trinajstić information content (AvgIpc) is 3.44. The van der Waals surface area contributed by atoms with E-state index in [0.717, 1.165) is 11.3 Å². The van der Waals surface area contributed by atoms with Crippen LogP contribution in [-0.2, 0) is 26.4 Å². The molecule has 2 N–H and O–H groups in total. The van der Waals surface area contributed by atoms with Crippen LogP contribution < -0.4 is 9.80 Å². The lowest BCUT2D eigenvalue weighted by molar-refractivity contribution is -0.146. The van der Waals surface area contributed by atoms with E-state index in [-0.39, 0.29) is 24.3 Å². The number of anilines is 2. The van der Waals surface area contributed by atoms with Crippen molar-refractivity contribution < 1.29 is 29.3 Å². The molecular weight excluding hydrogens is 448 g/mol. The third-order valence-electron chi connectivity index (χ3n) is 7.64. The summed E-state index contributed by atoms with van der Waals surface area (Å²) >= 11 is 0. The van der Waals surface area contributed by atoms with Crippen molar-refractivity contribution in [3.05, 3.63) is 59.7 Å². The Kier molecular flexibility index (Phi) is 5.86. The van der Waals surface area contributed by atoms with Crippen LogP contribution >= 0.6 is 0 Å². The Morgan fingerprint density at radius 3 is 2.51 bits per heavy atom. The molecular formula is C27H32N2O6.